The lowest BCUT2D eigenvalue weighted by molar-refractivity contribution is 0.134. The van der Waals surface area contributed by atoms with Crippen LogP contribution in [0.25, 0.3) is 10.8 Å². The predicted octanol–water partition coefficient (Wildman–Crippen LogP) is 0.804. The molecule has 3 rings (SSSR count). The van der Waals surface area contributed by atoms with Crippen molar-refractivity contribution in [2.45, 2.75) is 19.6 Å². The summed E-state index contributed by atoms with van der Waals surface area (Å²) in [6.07, 6.45) is 0.527. The van der Waals surface area contributed by atoms with E-state index in [1.807, 2.05) is 12.1 Å². The van der Waals surface area contributed by atoms with Gasteiger partial charge in [0, 0.05) is 23.9 Å². The Hall–Kier alpha value is -2.18. The molecule has 1 unspecified atom stereocenters. The fraction of sp³-hybridized carbons (Fsp3) is 0.375. The van der Waals surface area contributed by atoms with Crippen molar-refractivity contribution in [2.24, 2.45) is 9.98 Å². The average molecular weight is 301 g/mol. The molecule has 1 atom stereocenters. The first-order valence-corrected chi connectivity index (χ1v) is 7.41. The number of rotatable bonds is 6. The van der Waals surface area contributed by atoms with Gasteiger partial charge in [-0.25, -0.2) is 9.98 Å². The molecule has 0 aliphatic carbocycles. The number of phenols is 2. The van der Waals surface area contributed by atoms with Gasteiger partial charge in [-0.3, -0.25) is 5.32 Å². The SMILES string of the molecule is CCCOCCNC1N=c2c(O)c(O)c3ccccc3c2=N1. The van der Waals surface area contributed by atoms with Gasteiger partial charge >= 0.3 is 0 Å². The summed E-state index contributed by atoms with van der Waals surface area (Å²) in [6, 6.07) is 7.29. The Morgan fingerprint density at radius 3 is 2.55 bits per heavy atom. The number of nitrogens with one attached hydrogen (secondary N) is 1. The number of hydrogen-bond acceptors (Lipinski definition) is 6. The highest BCUT2D eigenvalue weighted by Gasteiger charge is 2.18. The van der Waals surface area contributed by atoms with Gasteiger partial charge in [-0.15, -0.1) is 0 Å². The van der Waals surface area contributed by atoms with Gasteiger partial charge in [-0.1, -0.05) is 31.2 Å². The second-order valence-electron chi connectivity index (χ2n) is 5.14. The van der Waals surface area contributed by atoms with Crippen LogP contribution in [-0.4, -0.2) is 36.3 Å². The van der Waals surface area contributed by atoms with E-state index < -0.39 is 6.29 Å². The molecule has 0 fully saturated rings. The van der Waals surface area contributed by atoms with Crippen LogP contribution in [0.5, 0.6) is 11.5 Å². The third kappa shape index (κ3) is 2.63. The molecular formula is C16H19N3O3. The first-order chi connectivity index (χ1) is 10.7. The van der Waals surface area contributed by atoms with Gasteiger partial charge in [-0.2, -0.15) is 0 Å². The fourth-order valence-corrected chi connectivity index (χ4v) is 2.50. The quantitative estimate of drug-likeness (QED) is 0.544. The Morgan fingerprint density at radius 2 is 1.77 bits per heavy atom. The number of phenolic OH excluding ortho intramolecular Hbond substituents is 2. The maximum absolute atomic E-state index is 10.1. The van der Waals surface area contributed by atoms with Crippen LogP contribution in [0.3, 0.4) is 0 Å². The standard InChI is InChI=1S/C16H19N3O3/c1-2-8-22-9-7-17-16-18-12-10-5-3-4-6-11(10)14(20)15(21)13(12)19-16/h3-6,16-17,20-21H,2,7-9H2,1H3. The zero-order valence-electron chi connectivity index (χ0n) is 12.4. The van der Waals surface area contributed by atoms with Gasteiger partial charge in [0.2, 0.25) is 0 Å². The molecule has 22 heavy (non-hydrogen) atoms. The van der Waals surface area contributed by atoms with Crippen LogP contribution in [0, 0.1) is 0 Å². The minimum atomic E-state index is -0.462. The number of benzene rings is 2. The van der Waals surface area contributed by atoms with Gasteiger partial charge in [0.05, 0.1) is 12.0 Å². The van der Waals surface area contributed by atoms with Crippen molar-refractivity contribution >= 4 is 10.8 Å². The molecule has 1 heterocycles. The van der Waals surface area contributed by atoms with E-state index in [0.717, 1.165) is 18.4 Å². The molecule has 0 spiro atoms. The van der Waals surface area contributed by atoms with Crippen LogP contribution >= 0.6 is 0 Å². The average Bonchev–Trinajstić information content (AvgIpc) is 2.97. The van der Waals surface area contributed by atoms with Crippen molar-refractivity contribution in [1.82, 2.24) is 5.32 Å². The summed E-state index contributed by atoms with van der Waals surface area (Å²) in [4.78, 5) is 8.83. The second-order valence-corrected chi connectivity index (χ2v) is 5.14. The lowest BCUT2D eigenvalue weighted by Gasteiger charge is -2.07. The summed E-state index contributed by atoms with van der Waals surface area (Å²) in [5, 5.41) is 25.7. The first kappa shape index (κ1) is 14.7. The third-order valence-electron chi connectivity index (χ3n) is 3.53. The monoisotopic (exact) mass is 301 g/mol. The normalized spacial score (nSPS) is 16.3. The van der Waals surface area contributed by atoms with Crippen molar-refractivity contribution in [1.29, 1.82) is 0 Å². The van der Waals surface area contributed by atoms with Crippen LogP contribution in [0.4, 0.5) is 0 Å². The molecule has 2 aromatic carbocycles. The van der Waals surface area contributed by atoms with Gasteiger partial charge < -0.3 is 14.9 Å². The molecule has 6 nitrogen and oxygen atoms in total. The van der Waals surface area contributed by atoms with E-state index in [-0.39, 0.29) is 11.5 Å². The molecule has 0 saturated carbocycles. The summed E-state index contributed by atoms with van der Waals surface area (Å²) < 4.78 is 5.40. The van der Waals surface area contributed by atoms with Crippen LogP contribution in [0.15, 0.2) is 34.3 Å². The molecular weight excluding hydrogens is 282 g/mol. The smallest absolute Gasteiger partial charge is 0.195 e. The Morgan fingerprint density at radius 1 is 1.05 bits per heavy atom. The number of fused-ring (bicyclic) bond motifs is 3. The van der Waals surface area contributed by atoms with Crippen molar-refractivity contribution in [3.63, 3.8) is 0 Å². The van der Waals surface area contributed by atoms with Gasteiger partial charge in [0.15, 0.2) is 17.8 Å². The molecule has 116 valence electrons. The Balaban J connectivity index is 1.88. The Bertz CT molecular complexity index is 804. The summed E-state index contributed by atoms with van der Waals surface area (Å²) in [6.45, 7) is 4.01. The Kier molecular flexibility index (Phi) is 4.22. The number of nitrogens with zero attached hydrogens (tertiary/aromatic N) is 2. The molecule has 6 heteroatoms. The molecule has 1 aliphatic heterocycles. The molecule has 0 saturated heterocycles. The Labute approximate surface area is 127 Å². The highest BCUT2D eigenvalue weighted by atomic mass is 16.5. The van der Waals surface area contributed by atoms with E-state index >= 15 is 0 Å². The molecule has 3 N–H and O–H groups in total. The number of ether oxygens (including phenoxy) is 1. The molecule has 0 amide bonds. The van der Waals surface area contributed by atoms with Crippen LogP contribution in [0.2, 0.25) is 0 Å². The maximum Gasteiger partial charge on any atom is 0.195 e. The van der Waals surface area contributed by atoms with E-state index in [1.165, 1.54) is 0 Å². The second kappa shape index (κ2) is 6.29. The third-order valence-corrected chi connectivity index (χ3v) is 3.53. The lowest BCUT2D eigenvalue weighted by atomic mass is 10.1. The van der Waals surface area contributed by atoms with E-state index in [1.54, 1.807) is 12.1 Å². The molecule has 1 aliphatic rings. The summed E-state index contributed by atoms with van der Waals surface area (Å²) in [5.41, 5.74) is 0. The van der Waals surface area contributed by atoms with Gasteiger partial charge in [0.1, 0.15) is 5.36 Å². The van der Waals surface area contributed by atoms with Crippen molar-refractivity contribution in [3.05, 3.63) is 35.0 Å². The molecule has 0 aromatic heterocycles. The van der Waals surface area contributed by atoms with Crippen molar-refractivity contribution in [2.75, 3.05) is 19.8 Å². The van der Waals surface area contributed by atoms with Crippen LogP contribution in [0.1, 0.15) is 13.3 Å². The van der Waals surface area contributed by atoms with E-state index in [2.05, 4.69) is 22.2 Å². The van der Waals surface area contributed by atoms with E-state index in [9.17, 15) is 10.2 Å². The number of aromatic hydroxyl groups is 2. The predicted molar refractivity (Wildman–Crippen MR) is 82.5 cm³/mol. The van der Waals surface area contributed by atoms with E-state index in [0.29, 0.717) is 29.3 Å². The van der Waals surface area contributed by atoms with Crippen molar-refractivity contribution in [3.8, 4) is 11.5 Å². The molecule has 2 aromatic rings. The summed E-state index contributed by atoms with van der Waals surface area (Å²) in [7, 11) is 0. The van der Waals surface area contributed by atoms with E-state index in [4.69, 9.17) is 4.74 Å². The minimum Gasteiger partial charge on any atom is -0.504 e. The lowest BCUT2D eigenvalue weighted by Crippen LogP contribution is -2.28. The molecule has 0 radical (unpaired) electrons. The summed E-state index contributed by atoms with van der Waals surface area (Å²) >= 11 is 0. The molecule has 0 bridgehead atoms. The van der Waals surface area contributed by atoms with Gasteiger partial charge in [-0.05, 0) is 6.42 Å². The highest BCUT2D eigenvalue weighted by Crippen LogP contribution is 2.28. The fourth-order valence-electron chi connectivity index (χ4n) is 2.50. The minimum absolute atomic E-state index is 0.153. The summed E-state index contributed by atoms with van der Waals surface area (Å²) in [5.74, 6) is -0.371. The maximum atomic E-state index is 10.1. The van der Waals surface area contributed by atoms with Crippen molar-refractivity contribution < 1.29 is 14.9 Å². The van der Waals surface area contributed by atoms with Crippen LogP contribution < -0.4 is 16.0 Å². The van der Waals surface area contributed by atoms with Gasteiger partial charge in [0.25, 0.3) is 0 Å². The largest absolute Gasteiger partial charge is 0.504 e. The zero-order valence-corrected chi connectivity index (χ0v) is 12.4. The zero-order chi connectivity index (χ0) is 15.5. The number of hydrogen-bond donors (Lipinski definition) is 3. The van der Waals surface area contributed by atoms with Crippen LogP contribution in [-0.2, 0) is 4.74 Å². The highest BCUT2D eigenvalue weighted by molar-refractivity contribution is 5.89. The topological polar surface area (TPSA) is 86.4 Å². The first-order valence-electron chi connectivity index (χ1n) is 7.41.